The summed E-state index contributed by atoms with van der Waals surface area (Å²) < 4.78 is 2.90. The van der Waals surface area contributed by atoms with Gasteiger partial charge in [0.25, 0.3) is 0 Å². The zero-order chi connectivity index (χ0) is 22.5. The lowest BCUT2D eigenvalue weighted by atomic mass is 10.1. The average Bonchev–Trinajstić information content (AvgIpc) is 2.82. The molecular weight excluding hydrogens is 404 g/mol. The molecule has 0 aliphatic rings. The monoisotopic (exact) mass is 428 g/mol. The molecule has 0 saturated heterocycles. The minimum absolute atomic E-state index is 0.0889. The molecule has 0 radical (unpaired) electrons. The van der Waals surface area contributed by atoms with Gasteiger partial charge in [0.1, 0.15) is 0 Å². The van der Waals surface area contributed by atoms with Crippen LogP contribution in [0, 0.1) is 6.92 Å². The number of fused-ring (bicyclic) bond motifs is 1. The predicted molar refractivity (Wildman–Crippen MR) is 123 cm³/mol. The van der Waals surface area contributed by atoms with Crippen molar-refractivity contribution >= 4 is 16.9 Å². The van der Waals surface area contributed by atoms with Crippen molar-refractivity contribution in [3.8, 4) is 0 Å². The van der Waals surface area contributed by atoms with Gasteiger partial charge in [-0.2, -0.15) is 0 Å². The number of aryl methyl sites for hydroxylation is 2. The summed E-state index contributed by atoms with van der Waals surface area (Å²) in [4.78, 5) is 42.2. The first-order valence-electron chi connectivity index (χ1n) is 10.5. The summed E-state index contributed by atoms with van der Waals surface area (Å²) in [6.45, 7) is 2.79. The lowest BCUT2D eigenvalue weighted by Crippen LogP contribution is -2.42. The van der Waals surface area contributed by atoms with Gasteiger partial charge in [-0.3, -0.25) is 23.9 Å². The first kappa shape index (κ1) is 21.2. The third-order valence-corrected chi connectivity index (χ3v) is 5.37. The number of carbonyl (C=O) groups is 1. The maximum atomic E-state index is 13.0. The van der Waals surface area contributed by atoms with Gasteiger partial charge in [0, 0.05) is 31.9 Å². The highest BCUT2D eigenvalue weighted by atomic mass is 16.2. The summed E-state index contributed by atoms with van der Waals surface area (Å²) >= 11 is 0. The van der Waals surface area contributed by atoms with Gasteiger partial charge in [0.15, 0.2) is 0 Å². The van der Waals surface area contributed by atoms with E-state index in [9.17, 15) is 14.4 Å². The van der Waals surface area contributed by atoms with Gasteiger partial charge in [-0.05, 0) is 36.2 Å². The molecule has 0 spiro atoms. The molecule has 7 heteroatoms. The van der Waals surface area contributed by atoms with Gasteiger partial charge in [0.2, 0.25) is 5.91 Å². The Hall–Kier alpha value is -4.00. The number of carbonyl (C=O) groups excluding carboxylic acids is 1. The Morgan fingerprint density at radius 3 is 2.25 bits per heavy atom. The fourth-order valence-corrected chi connectivity index (χ4v) is 3.63. The average molecular weight is 428 g/mol. The van der Waals surface area contributed by atoms with Gasteiger partial charge in [0.05, 0.1) is 17.6 Å². The highest BCUT2D eigenvalue weighted by Crippen LogP contribution is 2.13. The molecule has 0 unspecified atom stereocenters. The summed E-state index contributed by atoms with van der Waals surface area (Å²) in [5.41, 5.74) is 3.02. The van der Waals surface area contributed by atoms with Crippen molar-refractivity contribution in [1.29, 1.82) is 0 Å². The largest absolute Gasteiger partial charge is 0.352 e. The second kappa shape index (κ2) is 9.43. The van der Waals surface area contributed by atoms with E-state index in [4.69, 9.17) is 0 Å². The van der Waals surface area contributed by atoms with Crippen LogP contribution in [0.2, 0.25) is 0 Å². The smallest absolute Gasteiger partial charge is 0.317 e. The maximum Gasteiger partial charge on any atom is 0.317 e. The number of rotatable bonds is 7. The fraction of sp³-hybridized carbons (Fsp3) is 0.200. The molecular formula is C25H24N4O3. The molecule has 2 heterocycles. The molecule has 0 bridgehead atoms. The van der Waals surface area contributed by atoms with Crippen molar-refractivity contribution in [2.45, 2.75) is 33.0 Å². The normalized spacial score (nSPS) is 10.9. The van der Waals surface area contributed by atoms with Gasteiger partial charge >= 0.3 is 11.1 Å². The van der Waals surface area contributed by atoms with E-state index in [0.717, 1.165) is 16.7 Å². The van der Waals surface area contributed by atoms with E-state index in [-0.39, 0.29) is 18.9 Å². The van der Waals surface area contributed by atoms with E-state index < -0.39 is 11.1 Å². The number of hydrogen-bond acceptors (Lipinski definition) is 4. The van der Waals surface area contributed by atoms with Crippen LogP contribution >= 0.6 is 0 Å². The van der Waals surface area contributed by atoms with Crippen LogP contribution in [0.15, 0.2) is 82.6 Å². The van der Waals surface area contributed by atoms with Crippen molar-refractivity contribution in [3.63, 3.8) is 0 Å². The highest BCUT2D eigenvalue weighted by Gasteiger charge is 2.14. The van der Waals surface area contributed by atoms with Crippen molar-refractivity contribution in [2.75, 3.05) is 0 Å². The lowest BCUT2D eigenvalue weighted by molar-refractivity contribution is -0.121. The molecule has 1 amide bonds. The zero-order valence-corrected chi connectivity index (χ0v) is 17.8. The van der Waals surface area contributed by atoms with Crippen LogP contribution in [0.3, 0.4) is 0 Å². The number of benzene rings is 2. The van der Waals surface area contributed by atoms with Crippen LogP contribution in [-0.2, 0) is 24.4 Å². The predicted octanol–water partition coefficient (Wildman–Crippen LogP) is 2.62. The second-order valence-corrected chi connectivity index (χ2v) is 7.71. The quantitative estimate of drug-likeness (QED) is 0.459. The number of pyridine rings is 1. The standard InChI is InChI=1S/C25H24N4O3/c1-18-8-10-19(11-9-18)17-29-22-7-3-2-6-21(22)28(24(31)25(29)32)14-12-23(30)27-16-20-5-4-13-26-15-20/h2-11,13,15H,12,14,16-17H2,1H3,(H,27,30). The third-order valence-electron chi connectivity index (χ3n) is 5.37. The summed E-state index contributed by atoms with van der Waals surface area (Å²) in [5.74, 6) is -0.200. The first-order valence-corrected chi connectivity index (χ1v) is 10.5. The Morgan fingerprint density at radius 2 is 1.56 bits per heavy atom. The molecule has 2 aromatic heterocycles. The third kappa shape index (κ3) is 4.67. The van der Waals surface area contributed by atoms with Gasteiger partial charge < -0.3 is 9.88 Å². The van der Waals surface area contributed by atoms with E-state index in [0.29, 0.717) is 24.1 Å². The van der Waals surface area contributed by atoms with E-state index >= 15 is 0 Å². The van der Waals surface area contributed by atoms with Crippen LogP contribution in [0.4, 0.5) is 0 Å². The first-order chi connectivity index (χ1) is 15.5. The van der Waals surface area contributed by atoms with E-state index in [2.05, 4.69) is 10.3 Å². The summed E-state index contributed by atoms with van der Waals surface area (Å²) in [6, 6.07) is 18.8. The molecule has 0 aliphatic carbocycles. The Morgan fingerprint density at radius 1 is 0.875 bits per heavy atom. The van der Waals surface area contributed by atoms with Crippen molar-refractivity contribution < 1.29 is 4.79 Å². The molecule has 162 valence electrons. The number of amides is 1. The summed E-state index contributed by atoms with van der Waals surface area (Å²) in [5, 5.41) is 2.82. The van der Waals surface area contributed by atoms with E-state index in [1.54, 1.807) is 24.5 Å². The van der Waals surface area contributed by atoms with Gasteiger partial charge in [-0.1, -0.05) is 48.0 Å². The Labute approximate surface area is 185 Å². The number of nitrogens with one attached hydrogen (secondary N) is 1. The summed E-state index contributed by atoms with van der Waals surface area (Å²) in [6.07, 6.45) is 3.45. The van der Waals surface area contributed by atoms with Crippen LogP contribution in [0.25, 0.3) is 11.0 Å². The molecule has 4 rings (SSSR count). The molecule has 0 saturated carbocycles. The topological polar surface area (TPSA) is 86.0 Å². The molecule has 1 N–H and O–H groups in total. The molecule has 0 aliphatic heterocycles. The number of nitrogens with zero attached hydrogens (tertiary/aromatic N) is 3. The second-order valence-electron chi connectivity index (χ2n) is 7.71. The number of hydrogen-bond donors (Lipinski definition) is 1. The minimum atomic E-state index is -0.629. The van der Waals surface area contributed by atoms with Crippen molar-refractivity contribution in [2.24, 2.45) is 0 Å². The number of para-hydroxylation sites is 2. The zero-order valence-electron chi connectivity index (χ0n) is 17.8. The Kier molecular flexibility index (Phi) is 6.26. The maximum absolute atomic E-state index is 13.0. The van der Waals surface area contributed by atoms with Crippen LogP contribution in [0.5, 0.6) is 0 Å². The van der Waals surface area contributed by atoms with E-state index in [1.165, 1.54) is 9.13 Å². The van der Waals surface area contributed by atoms with Crippen LogP contribution < -0.4 is 16.4 Å². The highest BCUT2D eigenvalue weighted by molar-refractivity contribution is 5.77. The molecule has 4 aromatic rings. The molecule has 32 heavy (non-hydrogen) atoms. The molecule has 2 aromatic carbocycles. The SMILES string of the molecule is Cc1ccc(Cn2c(=O)c(=O)n(CCC(=O)NCc3cccnc3)c3ccccc32)cc1. The van der Waals surface area contributed by atoms with E-state index in [1.807, 2.05) is 55.5 Å². The Balaban J connectivity index is 1.58. The summed E-state index contributed by atoms with van der Waals surface area (Å²) in [7, 11) is 0. The fourth-order valence-electron chi connectivity index (χ4n) is 3.63. The van der Waals surface area contributed by atoms with Crippen LogP contribution in [0.1, 0.15) is 23.1 Å². The van der Waals surface area contributed by atoms with Gasteiger partial charge in [-0.25, -0.2) is 0 Å². The minimum Gasteiger partial charge on any atom is -0.352 e. The molecule has 0 fully saturated rings. The Bertz CT molecular complexity index is 1360. The lowest BCUT2D eigenvalue weighted by Gasteiger charge is -2.15. The van der Waals surface area contributed by atoms with Crippen molar-refractivity contribution in [1.82, 2.24) is 19.4 Å². The number of aromatic nitrogens is 3. The molecule has 7 nitrogen and oxygen atoms in total. The van der Waals surface area contributed by atoms with Crippen LogP contribution in [-0.4, -0.2) is 20.0 Å². The van der Waals surface area contributed by atoms with Crippen molar-refractivity contribution in [3.05, 3.63) is 110 Å². The molecule has 0 atom stereocenters. The van der Waals surface area contributed by atoms with Gasteiger partial charge in [-0.15, -0.1) is 0 Å².